The number of halogens is 2. The van der Waals surface area contributed by atoms with Gasteiger partial charge in [-0.3, -0.25) is 0 Å². The average Bonchev–Trinajstić information content (AvgIpc) is 2.31. The Hall–Kier alpha value is -0.810. The van der Waals surface area contributed by atoms with Crippen LogP contribution in [0, 0.1) is 0 Å². The lowest BCUT2D eigenvalue weighted by Gasteiger charge is -2.05. The molecule has 2 rings (SSSR count). The van der Waals surface area contributed by atoms with Crippen LogP contribution < -0.4 is 10.4 Å². The summed E-state index contributed by atoms with van der Waals surface area (Å²) >= 11 is 6.48. The van der Waals surface area contributed by atoms with E-state index in [1.807, 2.05) is 12.1 Å². The number of hydrogen-bond donors (Lipinski definition) is 0. The molecule has 5 heteroatoms. The van der Waals surface area contributed by atoms with Crippen molar-refractivity contribution < 1.29 is 9.15 Å². The first-order valence-corrected chi connectivity index (χ1v) is 7.04. The van der Waals surface area contributed by atoms with Crippen molar-refractivity contribution in [1.29, 1.82) is 0 Å². The monoisotopic (exact) mass is 360 g/mol. The Bertz CT molecular complexity index is 577. The highest BCUT2D eigenvalue weighted by Crippen LogP contribution is 2.22. The predicted octanol–water partition coefficient (Wildman–Crippen LogP) is 3.72. The largest absolute Gasteiger partial charge is 0.493 e. The minimum Gasteiger partial charge on any atom is -0.493 e. The van der Waals surface area contributed by atoms with Gasteiger partial charge in [-0.2, -0.15) is 0 Å². The van der Waals surface area contributed by atoms with Gasteiger partial charge in [0.2, 0.25) is 0 Å². The molecule has 0 radical (unpaired) electrons. The summed E-state index contributed by atoms with van der Waals surface area (Å²) in [6.07, 6.45) is 0.933. The lowest BCUT2D eigenvalue weighted by Crippen LogP contribution is -2.00. The minimum atomic E-state index is -0.380. The Morgan fingerprint density at radius 1 is 1.29 bits per heavy atom. The van der Waals surface area contributed by atoms with Gasteiger partial charge in [-0.1, -0.05) is 15.9 Å². The topological polar surface area (TPSA) is 39.4 Å². The van der Waals surface area contributed by atoms with Crippen LogP contribution >= 0.6 is 31.9 Å². The summed E-state index contributed by atoms with van der Waals surface area (Å²) in [7, 11) is 0. The van der Waals surface area contributed by atoms with Gasteiger partial charge in [-0.25, -0.2) is 4.79 Å². The number of alkyl halides is 1. The van der Waals surface area contributed by atoms with Gasteiger partial charge in [-0.15, -0.1) is 0 Å². The first-order chi connectivity index (χ1) is 8.20. The van der Waals surface area contributed by atoms with Gasteiger partial charge in [0.1, 0.15) is 15.8 Å². The highest BCUT2D eigenvalue weighted by atomic mass is 79.9. The highest BCUT2D eigenvalue weighted by Gasteiger charge is 2.04. The molecule has 90 valence electrons. The molecule has 0 bridgehead atoms. The first-order valence-electron chi connectivity index (χ1n) is 5.13. The van der Waals surface area contributed by atoms with Crippen LogP contribution in [0.25, 0.3) is 11.0 Å². The van der Waals surface area contributed by atoms with E-state index in [4.69, 9.17) is 9.15 Å². The predicted molar refractivity (Wildman–Crippen MR) is 74.1 cm³/mol. The summed E-state index contributed by atoms with van der Waals surface area (Å²) in [5.41, 5.74) is 0.157. The van der Waals surface area contributed by atoms with Crippen molar-refractivity contribution in [2.75, 3.05) is 11.9 Å². The summed E-state index contributed by atoms with van der Waals surface area (Å²) in [6, 6.07) is 7.20. The number of hydrogen-bond acceptors (Lipinski definition) is 3. The molecule has 1 heterocycles. The van der Waals surface area contributed by atoms with Crippen LogP contribution in [0.4, 0.5) is 0 Å². The maximum Gasteiger partial charge on any atom is 0.350 e. The van der Waals surface area contributed by atoms with Crippen LogP contribution in [-0.2, 0) is 0 Å². The van der Waals surface area contributed by atoms with E-state index in [-0.39, 0.29) is 5.63 Å². The van der Waals surface area contributed by atoms with Crippen LogP contribution in [-0.4, -0.2) is 11.9 Å². The van der Waals surface area contributed by atoms with E-state index in [0.717, 1.165) is 17.1 Å². The fraction of sp³-hybridized carbons (Fsp3) is 0.250. The third-order valence-corrected chi connectivity index (χ3v) is 3.33. The van der Waals surface area contributed by atoms with E-state index in [2.05, 4.69) is 31.9 Å². The summed E-state index contributed by atoms with van der Waals surface area (Å²) in [5.74, 6) is 0.712. The van der Waals surface area contributed by atoms with Gasteiger partial charge in [0, 0.05) is 16.8 Å². The van der Waals surface area contributed by atoms with Crippen LogP contribution in [0.3, 0.4) is 0 Å². The van der Waals surface area contributed by atoms with Crippen molar-refractivity contribution in [2.24, 2.45) is 0 Å². The van der Waals surface area contributed by atoms with Gasteiger partial charge in [-0.05, 0) is 40.5 Å². The molecule has 0 N–H and O–H groups in total. The highest BCUT2D eigenvalue weighted by molar-refractivity contribution is 9.10. The fourth-order valence-electron chi connectivity index (χ4n) is 1.40. The maximum atomic E-state index is 11.3. The molecule has 3 nitrogen and oxygen atoms in total. The molecule has 2 aromatic rings. The Morgan fingerprint density at radius 3 is 2.88 bits per heavy atom. The lowest BCUT2D eigenvalue weighted by molar-refractivity contribution is 0.319. The number of fused-ring (bicyclic) bond motifs is 1. The number of ether oxygens (including phenoxy) is 1. The van der Waals surface area contributed by atoms with Crippen molar-refractivity contribution >= 4 is 42.8 Å². The molecule has 0 fully saturated rings. The smallest absolute Gasteiger partial charge is 0.350 e. The van der Waals surface area contributed by atoms with Crippen molar-refractivity contribution in [3.8, 4) is 5.75 Å². The SMILES string of the molecule is O=c1oc2cc(OCCCBr)ccc2cc1Br. The molecule has 0 atom stereocenters. The van der Waals surface area contributed by atoms with Crippen molar-refractivity contribution in [3.63, 3.8) is 0 Å². The molecule has 0 aliphatic rings. The van der Waals surface area contributed by atoms with E-state index in [1.54, 1.807) is 12.1 Å². The summed E-state index contributed by atoms with van der Waals surface area (Å²) in [6.45, 7) is 0.636. The third kappa shape index (κ3) is 3.10. The fourth-order valence-corrected chi connectivity index (χ4v) is 1.96. The average molecular weight is 362 g/mol. The molecular formula is C12H10Br2O3. The summed E-state index contributed by atoms with van der Waals surface area (Å²) < 4.78 is 11.1. The van der Waals surface area contributed by atoms with Crippen LogP contribution in [0.1, 0.15) is 6.42 Å². The second-order valence-electron chi connectivity index (χ2n) is 3.47. The zero-order valence-electron chi connectivity index (χ0n) is 8.91. The molecular weight excluding hydrogens is 352 g/mol. The van der Waals surface area contributed by atoms with Gasteiger partial charge < -0.3 is 9.15 Å². The standard InChI is InChI=1S/C12H10Br2O3/c13-4-1-5-16-9-3-2-8-6-10(14)12(15)17-11(8)7-9/h2-3,6-7H,1,4-5H2. The molecule has 0 unspecified atom stereocenters. The van der Waals surface area contributed by atoms with Gasteiger partial charge >= 0.3 is 5.63 Å². The Balaban J connectivity index is 2.30. The Kier molecular flexibility index (Phi) is 4.23. The zero-order valence-corrected chi connectivity index (χ0v) is 12.1. The molecule has 0 aliphatic carbocycles. The number of benzene rings is 1. The molecule has 0 amide bonds. The molecule has 1 aromatic carbocycles. The van der Waals surface area contributed by atoms with Crippen LogP contribution in [0.15, 0.2) is 37.9 Å². The molecule has 17 heavy (non-hydrogen) atoms. The molecule has 0 aliphatic heterocycles. The van der Waals surface area contributed by atoms with Gasteiger partial charge in [0.05, 0.1) is 6.61 Å². The molecule has 0 spiro atoms. The third-order valence-electron chi connectivity index (χ3n) is 2.21. The van der Waals surface area contributed by atoms with Crippen molar-refractivity contribution in [1.82, 2.24) is 0 Å². The first kappa shape index (κ1) is 12.6. The van der Waals surface area contributed by atoms with E-state index in [0.29, 0.717) is 22.4 Å². The molecule has 0 saturated heterocycles. The normalized spacial score (nSPS) is 10.7. The van der Waals surface area contributed by atoms with E-state index in [9.17, 15) is 4.79 Å². The number of rotatable bonds is 4. The van der Waals surface area contributed by atoms with Crippen LogP contribution in [0.5, 0.6) is 5.75 Å². The van der Waals surface area contributed by atoms with E-state index >= 15 is 0 Å². The van der Waals surface area contributed by atoms with Gasteiger partial charge in [0.25, 0.3) is 0 Å². The van der Waals surface area contributed by atoms with E-state index in [1.165, 1.54) is 0 Å². The molecule has 0 saturated carbocycles. The van der Waals surface area contributed by atoms with Gasteiger partial charge in [0.15, 0.2) is 0 Å². The van der Waals surface area contributed by atoms with Crippen molar-refractivity contribution in [3.05, 3.63) is 39.2 Å². The van der Waals surface area contributed by atoms with E-state index < -0.39 is 0 Å². The summed E-state index contributed by atoms with van der Waals surface area (Å²) in [5, 5.41) is 1.77. The quantitative estimate of drug-likeness (QED) is 0.473. The Labute approximate surface area is 115 Å². The summed E-state index contributed by atoms with van der Waals surface area (Å²) in [4.78, 5) is 11.3. The second kappa shape index (κ2) is 5.69. The second-order valence-corrected chi connectivity index (χ2v) is 5.12. The minimum absolute atomic E-state index is 0.380. The molecule has 1 aromatic heterocycles. The zero-order chi connectivity index (χ0) is 12.3. The Morgan fingerprint density at radius 2 is 2.12 bits per heavy atom. The van der Waals surface area contributed by atoms with Crippen LogP contribution in [0.2, 0.25) is 0 Å². The lowest BCUT2D eigenvalue weighted by atomic mass is 10.2. The van der Waals surface area contributed by atoms with Crippen molar-refractivity contribution in [2.45, 2.75) is 6.42 Å². The maximum absolute atomic E-state index is 11.3.